The predicted octanol–water partition coefficient (Wildman–Crippen LogP) is 3.19. The minimum atomic E-state index is -1.46. The molecule has 0 aliphatic carbocycles. The fourth-order valence-electron chi connectivity index (χ4n) is 1.39. The van der Waals surface area contributed by atoms with Gasteiger partial charge in [0.25, 0.3) is 11.6 Å². The maximum atomic E-state index is 13.5. The first kappa shape index (κ1) is 13.1. The van der Waals surface area contributed by atoms with Crippen molar-refractivity contribution in [2.75, 3.05) is 5.32 Å². The van der Waals surface area contributed by atoms with Gasteiger partial charge in [0, 0.05) is 6.07 Å². The number of amides is 1. The quantitative estimate of drug-likeness (QED) is 0.695. The third kappa shape index (κ3) is 2.58. The van der Waals surface area contributed by atoms with E-state index >= 15 is 0 Å². The van der Waals surface area contributed by atoms with Crippen LogP contribution in [0.3, 0.4) is 0 Å². The van der Waals surface area contributed by atoms with Crippen molar-refractivity contribution in [3.05, 3.63) is 56.3 Å². The van der Waals surface area contributed by atoms with Gasteiger partial charge in [0.05, 0.1) is 9.80 Å². The Bertz CT molecular complexity index is 644. The molecule has 0 radical (unpaired) electrons. The zero-order valence-corrected chi connectivity index (χ0v) is 10.0. The molecule has 2 rings (SSSR count). The number of halogens is 2. The third-order valence-corrected chi connectivity index (χ3v) is 3.12. The SMILES string of the molecule is O=C(Nc1c([N+](=O)[O-])ccc(F)c1F)c1cccs1. The van der Waals surface area contributed by atoms with Crippen molar-refractivity contribution in [1.29, 1.82) is 0 Å². The lowest BCUT2D eigenvalue weighted by Crippen LogP contribution is -2.13. The van der Waals surface area contributed by atoms with E-state index in [-0.39, 0.29) is 4.88 Å². The summed E-state index contributed by atoms with van der Waals surface area (Å²) >= 11 is 1.08. The molecule has 2 aromatic rings. The van der Waals surface area contributed by atoms with E-state index in [1.54, 1.807) is 11.4 Å². The molecule has 0 fully saturated rings. The fourth-order valence-corrected chi connectivity index (χ4v) is 2.01. The van der Waals surface area contributed by atoms with Gasteiger partial charge in [-0.25, -0.2) is 8.78 Å². The van der Waals surface area contributed by atoms with Gasteiger partial charge in [-0.15, -0.1) is 11.3 Å². The van der Waals surface area contributed by atoms with Crippen LogP contribution in [0.1, 0.15) is 9.67 Å². The number of nitrogens with zero attached hydrogens (tertiary/aromatic N) is 1. The van der Waals surface area contributed by atoms with Crippen LogP contribution in [0.15, 0.2) is 29.6 Å². The highest BCUT2D eigenvalue weighted by Gasteiger charge is 2.23. The van der Waals surface area contributed by atoms with Gasteiger partial charge in [0.1, 0.15) is 0 Å². The maximum absolute atomic E-state index is 13.5. The average Bonchev–Trinajstić information content (AvgIpc) is 2.88. The van der Waals surface area contributed by atoms with Gasteiger partial charge in [-0.05, 0) is 17.5 Å². The molecule has 1 aromatic carbocycles. The smallest absolute Gasteiger partial charge is 0.296 e. The highest BCUT2D eigenvalue weighted by Crippen LogP contribution is 2.29. The van der Waals surface area contributed by atoms with Gasteiger partial charge >= 0.3 is 0 Å². The number of benzene rings is 1. The first-order valence-electron chi connectivity index (χ1n) is 4.98. The summed E-state index contributed by atoms with van der Waals surface area (Å²) < 4.78 is 26.6. The molecule has 0 unspecified atom stereocenters. The lowest BCUT2D eigenvalue weighted by atomic mass is 10.2. The largest absolute Gasteiger partial charge is 0.313 e. The molecule has 1 aromatic heterocycles. The molecule has 0 spiro atoms. The van der Waals surface area contributed by atoms with Crippen molar-refractivity contribution in [3.8, 4) is 0 Å². The highest BCUT2D eigenvalue weighted by atomic mass is 32.1. The molecule has 0 aliphatic heterocycles. The Kier molecular flexibility index (Phi) is 3.52. The standard InChI is InChI=1S/C11H6F2N2O3S/c12-6-3-4-7(15(17)18)10(9(6)13)14-11(16)8-2-1-5-19-8/h1-5H,(H,14,16). The number of rotatable bonds is 3. The van der Waals surface area contributed by atoms with Crippen LogP contribution in [0.4, 0.5) is 20.2 Å². The lowest BCUT2D eigenvalue weighted by molar-refractivity contribution is -0.384. The third-order valence-electron chi connectivity index (χ3n) is 2.25. The molecule has 0 saturated carbocycles. The summed E-state index contributed by atoms with van der Waals surface area (Å²) in [6, 6.07) is 4.48. The zero-order chi connectivity index (χ0) is 14.0. The van der Waals surface area contributed by atoms with Crippen molar-refractivity contribution >= 4 is 28.6 Å². The van der Waals surface area contributed by atoms with Gasteiger partial charge in [0.2, 0.25) is 0 Å². The number of thiophene rings is 1. The van der Waals surface area contributed by atoms with E-state index in [0.29, 0.717) is 6.07 Å². The molecule has 19 heavy (non-hydrogen) atoms. The Labute approximate surface area is 109 Å². The molecule has 1 amide bonds. The molecule has 8 heteroatoms. The van der Waals surface area contributed by atoms with Crippen molar-refractivity contribution in [1.82, 2.24) is 0 Å². The molecule has 0 atom stereocenters. The van der Waals surface area contributed by atoms with Crippen LogP contribution in [-0.2, 0) is 0 Å². The zero-order valence-electron chi connectivity index (χ0n) is 9.22. The summed E-state index contributed by atoms with van der Waals surface area (Å²) in [5.74, 6) is -3.46. The Hall–Kier alpha value is -2.35. The van der Waals surface area contributed by atoms with Crippen LogP contribution >= 0.6 is 11.3 Å². The minimum absolute atomic E-state index is 0.234. The molecule has 0 aliphatic rings. The number of carbonyl (C=O) groups is 1. The summed E-state index contributed by atoms with van der Waals surface area (Å²) in [7, 11) is 0. The van der Waals surface area contributed by atoms with E-state index in [2.05, 4.69) is 0 Å². The molecule has 0 saturated heterocycles. The summed E-state index contributed by atoms with van der Waals surface area (Å²) in [6.45, 7) is 0. The van der Waals surface area contributed by atoms with Gasteiger partial charge in [0.15, 0.2) is 17.3 Å². The number of nitro groups is 1. The van der Waals surface area contributed by atoms with Crippen LogP contribution in [0.2, 0.25) is 0 Å². The Morgan fingerprint density at radius 3 is 2.63 bits per heavy atom. The van der Waals surface area contributed by atoms with E-state index in [9.17, 15) is 23.7 Å². The van der Waals surface area contributed by atoms with E-state index < -0.39 is 33.8 Å². The number of carbonyl (C=O) groups excluding carboxylic acids is 1. The fraction of sp³-hybridized carbons (Fsp3) is 0. The molecular weight excluding hydrogens is 278 g/mol. The van der Waals surface area contributed by atoms with E-state index in [1.165, 1.54) is 6.07 Å². The van der Waals surface area contributed by atoms with E-state index in [0.717, 1.165) is 17.4 Å². The van der Waals surface area contributed by atoms with Crippen molar-refractivity contribution < 1.29 is 18.5 Å². The van der Waals surface area contributed by atoms with Crippen LogP contribution in [0, 0.1) is 21.7 Å². The van der Waals surface area contributed by atoms with E-state index in [4.69, 9.17) is 0 Å². The Morgan fingerprint density at radius 1 is 1.32 bits per heavy atom. The Balaban J connectivity index is 2.41. The minimum Gasteiger partial charge on any atom is -0.313 e. The number of anilines is 1. The molecular formula is C11H6F2N2O3S. The first-order chi connectivity index (χ1) is 9.00. The number of hydrogen-bond donors (Lipinski definition) is 1. The second kappa shape index (κ2) is 5.11. The van der Waals surface area contributed by atoms with Crippen molar-refractivity contribution in [2.45, 2.75) is 0 Å². The summed E-state index contributed by atoms with van der Waals surface area (Å²) in [4.78, 5) is 21.8. The molecule has 1 N–H and O–H groups in total. The first-order valence-corrected chi connectivity index (χ1v) is 5.86. The van der Waals surface area contributed by atoms with Crippen molar-refractivity contribution in [2.24, 2.45) is 0 Å². The molecule has 98 valence electrons. The topological polar surface area (TPSA) is 72.2 Å². The monoisotopic (exact) mass is 284 g/mol. The normalized spacial score (nSPS) is 10.2. The second-order valence-electron chi connectivity index (χ2n) is 3.44. The number of hydrogen-bond acceptors (Lipinski definition) is 4. The average molecular weight is 284 g/mol. The molecule has 5 nitrogen and oxygen atoms in total. The summed E-state index contributed by atoms with van der Waals surface area (Å²) in [5, 5.41) is 14.4. The van der Waals surface area contributed by atoms with Crippen LogP contribution in [0.5, 0.6) is 0 Å². The van der Waals surface area contributed by atoms with Gasteiger partial charge < -0.3 is 5.32 Å². The summed E-state index contributed by atoms with van der Waals surface area (Å²) in [6.07, 6.45) is 0. The predicted molar refractivity (Wildman–Crippen MR) is 65.3 cm³/mol. The molecule has 1 heterocycles. The highest BCUT2D eigenvalue weighted by molar-refractivity contribution is 7.12. The van der Waals surface area contributed by atoms with E-state index in [1.807, 2.05) is 5.32 Å². The number of nitrogens with one attached hydrogen (secondary N) is 1. The Morgan fingerprint density at radius 2 is 2.05 bits per heavy atom. The molecule has 0 bridgehead atoms. The van der Waals surface area contributed by atoms with Crippen LogP contribution in [-0.4, -0.2) is 10.8 Å². The van der Waals surface area contributed by atoms with Crippen molar-refractivity contribution in [3.63, 3.8) is 0 Å². The van der Waals surface area contributed by atoms with Crippen LogP contribution < -0.4 is 5.32 Å². The number of nitro benzene ring substituents is 1. The van der Waals surface area contributed by atoms with Gasteiger partial charge in [-0.3, -0.25) is 14.9 Å². The maximum Gasteiger partial charge on any atom is 0.296 e. The second-order valence-corrected chi connectivity index (χ2v) is 4.39. The van der Waals surface area contributed by atoms with Crippen LogP contribution in [0.25, 0.3) is 0 Å². The summed E-state index contributed by atoms with van der Waals surface area (Å²) in [5.41, 5.74) is -1.48. The van der Waals surface area contributed by atoms with Gasteiger partial charge in [-0.2, -0.15) is 0 Å². The lowest BCUT2D eigenvalue weighted by Gasteiger charge is -2.06. The van der Waals surface area contributed by atoms with Gasteiger partial charge in [-0.1, -0.05) is 6.07 Å².